The molecular weight excluding hydrogens is 450 g/mol. The van der Waals surface area contributed by atoms with Gasteiger partial charge in [0.1, 0.15) is 16.8 Å². The Balaban J connectivity index is 1.44. The first-order valence-corrected chi connectivity index (χ1v) is 12.4. The number of carbonyl (C=O) groups excluding carboxylic acids is 1. The first-order chi connectivity index (χ1) is 17.2. The molecule has 0 atom stereocenters. The summed E-state index contributed by atoms with van der Waals surface area (Å²) in [6, 6.07) is 19.9. The third kappa shape index (κ3) is 5.67. The predicted molar refractivity (Wildman–Crippen MR) is 146 cm³/mol. The number of aromatic nitrogens is 3. The highest BCUT2D eigenvalue weighted by Gasteiger charge is 2.14. The zero-order chi connectivity index (χ0) is 25.9. The molecule has 0 spiro atoms. The SMILES string of the molecule is CCN(CC)c1ccc(-n2nc3cc(C)c(NC(=O)COc4ccc(C(C)(C)C)cc4)cc3n2)cc1. The van der Waals surface area contributed by atoms with Gasteiger partial charge in [0.25, 0.3) is 5.91 Å². The zero-order valence-corrected chi connectivity index (χ0v) is 22.0. The van der Waals surface area contributed by atoms with E-state index in [2.05, 4.69) is 67.2 Å². The number of benzene rings is 3. The first-order valence-electron chi connectivity index (χ1n) is 12.4. The Morgan fingerprint density at radius 3 is 2.14 bits per heavy atom. The van der Waals surface area contributed by atoms with Crippen molar-refractivity contribution in [2.24, 2.45) is 0 Å². The van der Waals surface area contributed by atoms with Crippen LogP contribution < -0.4 is 15.0 Å². The average molecular weight is 486 g/mol. The summed E-state index contributed by atoms with van der Waals surface area (Å²) in [5.74, 6) is 0.442. The molecule has 4 rings (SSSR count). The van der Waals surface area contributed by atoms with Gasteiger partial charge in [-0.05, 0) is 85.8 Å². The van der Waals surface area contributed by atoms with Crippen LogP contribution in [0.3, 0.4) is 0 Å². The summed E-state index contributed by atoms with van der Waals surface area (Å²) in [5.41, 5.74) is 6.44. The van der Waals surface area contributed by atoms with Crippen molar-refractivity contribution < 1.29 is 9.53 Å². The second kappa shape index (κ2) is 10.4. The maximum Gasteiger partial charge on any atom is 0.262 e. The zero-order valence-electron chi connectivity index (χ0n) is 22.0. The normalized spacial score (nSPS) is 11.5. The molecule has 0 bridgehead atoms. The van der Waals surface area contributed by atoms with Gasteiger partial charge in [-0.15, -0.1) is 10.2 Å². The summed E-state index contributed by atoms with van der Waals surface area (Å²) in [6.45, 7) is 14.6. The van der Waals surface area contributed by atoms with E-state index in [9.17, 15) is 4.79 Å². The van der Waals surface area contributed by atoms with Crippen molar-refractivity contribution in [3.05, 3.63) is 71.8 Å². The maximum atomic E-state index is 12.6. The average Bonchev–Trinajstić information content (AvgIpc) is 3.26. The van der Waals surface area contributed by atoms with Crippen LogP contribution in [0.25, 0.3) is 16.7 Å². The van der Waals surface area contributed by atoms with Gasteiger partial charge < -0.3 is 15.0 Å². The second-order valence-corrected chi connectivity index (χ2v) is 9.95. The van der Waals surface area contributed by atoms with Crippen LogP contribution in [-0.2, 0) is 10.2 Å². The summed E-state index contributed by atoms with van der Waals surface area (Å²) in [7, 11) is 0. The molecule has 1 heterocycles. The Hall–Kier alpha value is -3.87. The second-order valence-electron chi connectivity index (χ2n) is 9.95. The van der Waals surface area contributed by atoms with E-state index in [0.29, 0.717) is 17.0 Å². The third-order valence-electron chi connectivity index (χ3n) is 6.30. The third-order valence-corrected chi connectivity index (χ3v) is 6.30. The number of rotatable bonds is 8. The van der Waals surface area contributed by atoms with E-state index in [0.717, 1.165) is 29.9 Å². The van der Waals surface area contributed by atoms with Gasteiger partial charge >= 0.3 is 0 Å². The smallest absolute Gasteiger partial charge is 0.262 e. The molecule has 1 amide bonds. The molecule has 0 saturated carbocycles. The standard InChI is InChI=1S/C29H35N5O2/c1-7-33(8-2)22-11-13-23(14-12-22)34-31-26-17-20(3)25(18-27(26)32-34)30-28(35)19-36-24-15-9-21(10-16-24)29(4,5)6/h9-18H,7-8,19H2,1-6H3,(H,30,35). The van der Waals surface area contributed by atoms with Crippen molar-refractivity contribution in [3.8, 4) is 11.4 Å². The Labute approximate surface area is 213 Å². The Bertz CT molecular complexity index is 1330. The molecule has 188 valence electrons. The van der Waals surface area contributed by atoms with E-state index in [1.165, 1.54) is 11.3 Å². The van der Waals surface area contributed by atoms with Crippen molar-refractivity contribution in [2.75, 3.05) is 29.9 Å². The van der Waals surface area contributed by atoms with E-state index >= 15 is 0 Å². The molecular formula is C29H35N5O2. The summed E-state index contributed by atoms with van der Waals surface area (Å²) < 4.78 is 5.69. The lowest BCUT2D eigenvalue weighted by Crippen LogP contribution is -2.21. The van der Waals surface area contributed by atoms with Crippen LogP contribution in [0, 0.1) is 6.92 Å². The van der Waals surface area contributed by atoms with Crippen molar-refractivity contribution in [2.45, 2.75) is 47.0 Å². The summed E-state index contributed by atoms with van der Waals surface area (Å²) >= 11 is 0. The minimum Gasteiger partial charge on any atom is -0.484 e. The van der Waals surface area contributed by atoms with Crippen LogP contribution in [0.5, 0.6) is 5.75 Å². The van der Waals surface area contributed by atoms with Gasteiger partial charge in [-0.3, -0.25) is 4.79 Å². The van der Waals surface area contributed by atoms with Crippen molar-refractivity contribution in [3.63, 3.8) is 0 Å². The Morgan fingerprint density at radius 1 is 0.944 bits per heavy atom. The molecule has 1 aromatic heterocycles. The fourth-order valence-electron chi connectivity index (χ4n) is 4.09. The molecule has 3 aromatic carbocycles. The number of carbonyl (C=O) groups is 1. The highest BCUT2D eigenvalue weighted by molar-refractivity contribution is 5.95. The van der Waals surface area contributed by atoms with Gasteiger partial charge in [0.15, 0.2) is 6.61 Å². The molecule has 0 fully saturated rings. The van der Waals surface area contributed by atoms with Crippen LogP contribution >= 0.6 is 0 Å². The van der Waals surface area contributed by atoms with Gasteiger partial charge in [0.2, 0.25) is 0 Å². The van der Waals surface area contributed by atoms with E-state index < -0.39 is 0 Å². The number of ether oxygens (including phenoxy) is 1. The summed E-state index contributed by atoms with van der Waals surface area (Å²) in [4.78, 5) is 16.5. The fourth-order valence-corrected chi connectivity index (χ4v) is 4.09. The summed E-state index contributed by atoms with van der Waals surface area (Å²) in [6.07, 6.45) is 0. The lowest BCUT2D eigenvalue weighted by atomic mass is 9.87. The lowest BCUT2D eigenvalue weighted by molar-refractivity contribution is -0.118. The van der Waals surface area contributed by atoms with Crippen molar-refractivity contribution in [1.82, 2.24) is 15.0 Å². The van der Waals surface area contributed by atoms with Gasteiger partial charge in [-0.2, -0.15) is 4.80 Å². The van der Waals surface area contributed by atoms with Crippen LogP contribution in [0.4, 0.5) is 11.4 Å². The minimum absolute atomic E-state index is 0.0715. The number of fused-ring (bicyclic) bond motifs is 1. The minimum atomic E-state index is -0.225. The quantitative estimate of drug-likeness (QED) is 0.337. The number of nitrogens with zero attached hydrogens (tertiary/aromatic N) is 4. The van der Waals surface area contributed by atoms with E-state index in [-0.39, 0.29) is 17.9 Å². The van der Waals surface area contributed by atoms with Crippen molar-refractivity contribution in [1.29, 1.82) is 0 Å². The number of hydrogen-bond acceptors (Lipinski definition) is 5. The fraction of sp³-hybridized carbons (Fsp3) is 0.345. The number of hydrogen-bond donors (Lipinski definition) is 1. The number of aryl methyl sites for hydroxylation is 1. The highest BCUT2D eigenvalue weighted by atomic mass is 16.5. The van der Waals surface area contributed by atoms with Gasteiger partial charge in [0.05, 0.1) is 5.69 Å². The van der Waals surface area contributed by atoms with Gasteiger partial charge in [0, 0.05) is 24.5 Å². The van der Waals surface area contributed by atoms with E-state index in [1.807, 2.05) is 55.5 Å². The van der Waals surface area contributed by atoms with E-state index in [4.69, 9.17) is 4.74 Å². The highest BCUT2D eigenvalue weighted by Crippen LogP contribution is 2.25. The summed E-state index contributed by atoms with van der Waals surface area (Å²) in [5, 5.41) is 12.2. The molecule has 0 aliphatic heterocycles. The number of nitrogens with one attached hydrogen (secondary N) is 1. The molecule has 0 saturated heterocycles. The molecule has 0 radical (unpaired) electrons. The number of amides is 1. The van der Waals surface area contributed by atoms with Crippen LogP contribution in [-0.4, -0.2) is 40.6 Å². The van der Waals surface area contributed by atoms with Gasteiger partial charge in [-0.25, -0.2) is 0 Å². The number of anilines is 2. The molecule has 0 unspecified atom stereocenters. The molecule has 1 N–H and O–H groups in total. The Kier molecular flexibility index (Phi) is 7.29. The topological polar surface area (TPSA) is 72.3 Å². The van der Waals surface area contributed by atoms with Crippen LogP contribution in [0.15, 0.2) is 60.7 Å². The van der Waals surface area contributed by atoms with Crippen LogP contribution in [0.2, 0.25) is 0 Å². The van der Waals surface area contributed by atoms with E-state index in [1.54, 1.807) is 4.80 Å². The molecule has 0 aliphatic rings. The molecule has 7 nitrogen and oxygen atoms in total. The largest absolute Gasteiger partial charge is 0.484 e. The predicted octanol–water partition coefficient (Wildman–Crippen LogP) is 5.89. The molecule has 4 aromatic rings. The van der Waals surface area contributed by atoms with Gasteiger partial charge in [-0.1, -0.05) is 32.9 Å². The monoisotopic (exact) mass is 485 g/mol. The first kappa shape index (κ1) is 25.2. The van der Waals surface area contributed by atoms with Crippen molar-refractivity contribution >= 4 is 28.3 Å². The maximum absolute atomic E-state index is 12.6. The molecule has 36 heavy (non-hydrogen) atoms. The lowest BCUT2D eigenvalue weighted by Gasteiger charge is -2.20. The Morgan fingerprint density at radius 2 is 1.56 bits per heavy atom. The molecule has 0 aliphatic carbocycles. The molecule has 7 heteroatoms. The van der Waals surface area contributed by atoms with Crippen LogP contribution in [0.1, 0.15) is 45.7 Å².